The molecule has 0 saturated carbocycles. The average molecular weight is 424 g/mol. The van der Waals surface area contributed by atoms with Crippen LogP contribution < -0.4 is 19.3 Å². The third-order valence-corrected chi connectivity index (χ3v) is 5.81. The number of para-hydroxylation sites is 1. The van der Waals surface area contributed by atoms with E-state index in [1.54, 1.807) is 12.1 Å². The summed E-state index contributed by atoms with van der Waals surface area (Å²) >= 11 is 5.98. The Labute approximate surface area is 169 Å². The lowest BCUT2D eigenvalue weighted by Gasteiger charge is -2.34. The standard InChI is InChI=1S/C19H22ClN3O4S/c1-22(15-6-4-3-5-7-15)11-10-21-19(24)18-13-23(28(2,25)26)16-12-14(20)8-9-17(16)27-18/h3-9,12,18H,10-11,13H2,1-2H3,(H,21,24)/t18-/m0/s1. The molecular weight excluding hydrogens is 402 g/mol. The molecule has 9 heteroatoms. The maximum absolute atomic E-state index is 12.6. The summed E-state index contributed by atoms with van der Waals surface area (Å²) in [5, 5.41) is 3.21. The number of rotatable bonds is 6. The van der Waals surface area contributed by atoms with E-state index < -0.39 is 16.1 Å². The van der Waals surface area contributed by atoms with Crippen molar-refractivity contribution in [2.75, 3.05) is 42.1 Å². The second kappa shape index (κ2) is 8.28. The molecule has 0 radical (unpaired) electrons. The van der Waals surface area contributed by atoms with Crippen molar-refractivity contribution in [3.63, 3.8) is 0 Å². The van der Waals surface area contributed by atoms with Crippen LogP contribution in [-0.2, 0) is 14.8 Å². The van der Waals surface area contributed by atoms with Gasteiger partial charge >= 0.3 is 0 Å². The number of fused-ring (bicyclic) bond motifs is 1. The number of likely N-dealkylation sites (N-methyl/N-ethyl adjacent to an activating group) is 1. The van der Waals surface area contributed by atoms with Gasteiger partial charge in [0.1, 0.15) is 5.75 Å². The summed E-state index contributed by atoms with van der Waals surface area (Å²) in [4.78, 5) is 14.6. The van der Waals surface area contributed by atoms with E-state index in [0.717, 1.165) is 16.2 Å². The third kappa shape index (κ3) is 4.69. The first-order valence-electron chi connectivity index (χ1n) is 8.73. The van der Waals surface area contributed by atoms with Crippen LogP contribution in [0.4, 0.5) is 11.4 Å². The molecule has 1 aliphatic heterocycles. The van der Waals surface area contributed by atoms with Gasteiger partial charge in [0.05, 0.1) is 18.5 Å². The topological polar surface area (TPSA) is 79.0 Å². The van der Waals surface area contributed by atoms with Gasteiger partial charge in [-0.3, -0.25) is 9.10 Å². The Morgan fingerprint density at radius 2 is 2.00 bits per heavy atom. The molecule has 1 N–H and O–H groups in total. The van der Waals surface area contributed by atoms with Crippen LogP contribution in [0.5, 0.6) is 5.75 Å². The van der Waals surface area contributed by atoms with E-state index >= 15 is 0 Å². The lowest BCUT2D eigenvalue weighted by Crippen LogP contribution is -2.51. The number of carbonyl (C=O) groups excluding carboxylic acids is 1. The van der Waals surface area contributed by atoms with Crippen LogP contribution in [0.2, 0.25) is 5.02 Å². The Hall–Kier alpha value is -2.45. The van der Waals surface area contributed by atoms with Crippen molar-refractivity contribution in [2.45, 2.75) is 6.10 Å². The lowest BCUT2D eigenvalue weighted by molar-refractivity contribution is -0.127. The average Bonchev–Trinajstić information content (AvgIpc) is 2.66. The van der Waals surface area contributed by atoms with E-state index in [1.807, 2.05) is 42.3 Å². The normalized spacial score (nSPS) is 16.1. The Kier molecular flexibility index (Phi) is 6.00. The second-order valence-corrected chi connectivity index (χ2v) is 8.90. The quantitative estimate of drug-likeness (QED) is 0.769. The number of amides is 1. The van der Waals surface area contributed by atoms with Crippen LogP contribution in [-0.4, -0.2) is 53.4 Å². The molecule has 1 atom stereocenters. The van der Waals surface area contributed by atoms with Crippen LogP contribution in [0.25, 0.3) is 0 Å². The molecule has 0 saturated heterocycles. The van der Waals surface area contributed by atoms with Gasteiger partial charge in [-0.25, -0.2) is 8.42 Å². The third-order valence-electron chi connectivity index (χ3n) is 4.43. The highest BCUT2D eigenvalue weighted by atomic mass is 35.5. The first-order chi connectivity index (χ1) is 13.3. The Balaban J connectivity index is 1.65. The summed E-state index contributed by atoms with van der Waals surface area (Å²) in [5.74, 6) is -0.0571. The number of ether oxygens (including phenoxy) is 1. The molecule has 0 aromatic heterocycles. The maximum atomic E-state index is 12.6. The summed E-state index contributed by atoms with van der Waals surface area (Å²) < 4.78 is 31.2. The van der Waals surface area contributed by atoms with Gasteiger partial charge in [0.25, 0.3) is 5.91 Å². The highest BCUT2D eigenvalue weighted by molar-refractivity contribution is 7.92. The van der Waals surface area contributed by atoms with Gasteiger partial charge in [-0.05, 0) is 30.3 Å². The number of hydrogen-bond acceptors (Lipinski definition) is 5. The summed E-state index contributed by atoms with van der Waals surface area (Å²) in [6.07, 6.45) is 0.151. The summed E-state index contributed by atoms with van der Waals surface area (Å²) in [6, 6.07) is 14.5. The van der Waals surface area contributed by atoms with Crippen molar-refractivity contribution in [3.05, 3.63) is 53.6 Å². The van der Waals surface area contributed by atoms with Crippen molar-refractivity contribution >= 4 is 38.9 Å². The fourth-order valence-electron chi connectivity index (χ4n) is 2.95. The van der Waals surface area contributed by atoms with Crippen LogP contribution >= 0.6 is 11.6 Å². The van der Waals surface area contributed by atoms with E-state index in [9.17, 15) is 13.2 Å². The highest BCUT2D eigenvalue weighted by Crippen LogP contribution is 2.37. The molecule has 2 aromatic rings. The number of halogens is 1. The van der Waals surface area contributed by atoms with Gasteiger partial charge < -0.3 is 15.0 Å². The molecule has 1 amide bonds. The van der Waals surface area contributed by atoms with E-state index in [2.05, 4.69) is 5.32 Å². The fraction of sp³-hybridized carbons (Fsp3) is 0.316. The first-order valence-corrected chi connectivity index (χ1v) is 11.0. The minimum absolute atomic E-state index is 0.105. The van der Waals surface area contributed by atoms with Gasteiger partial charge in [-0.2, -0.15) is 0 Å². The molecule has 7 nitrogen and oxygen atoms in total. The molecule has 0 bridgehead atoms. The number of anilines is 2. The minimum Gasteiger partial charge on any atom is -0.476 e. The summed E-state index contributed by atoms with van der Waals surface area (Å²) in [5.41, 5.74) is 1.38. The molecule has 0 unspecified atom stereocenters. The van der Waals surface area contributed by atoms with E-state index in [4.69, 9.17) is 16.3 Å². The summed E-state index contributed by atoms with van der Waals surface area (Å²) in [7, 11) is -1.65. The lowest BCUT2D eigenvalue weighted by atomic mass is 10.2. The Morgan fingerprint density at radius 3 is 2.68 bits per heavy atom. The smallest absolute Gasteiger partial charge is 0.263 e. The van der Waals surface area contributed by atoms with Gasteiger partial charge in [0, 0.05) is 30.8 Å². The molecule has 28 heavy (non-hydrogen) atoms. The number of nitrogens with one attached hydrogen (secondary N) is 1. The maximum Gasteiger partial charge on any atom is 0.263 e. The molecule has 0 aliphatic carbocycles. The van der Waals surface area contributed by atoms with Crippen LogP contribution in [0, 0.1) is 0 Å². The van der Waals surface area contributed by atoms with Crippen LogP contribution in [0.1, 0.15) is 0 Å². The van der Waals surface area contributed by atoms with E-state index in [-0.39, 0.29) is 12.5 Å². The number of nitrogens with zero attached hydrogens (tertiary/aromatic N) is 2. The van der Waals surface area contributed by atoms with Crippen molar-refractivity contribution in [1.82, 2.24) is 5.32 Å². The largest absolute Gasteiger partial charge is 0.476 e. The zero-order chi connectivity index (χ0) is 20.3. The van der Waals surface area contributed by atoms with Gasteiger partial charge in [0.15, 0.2) is 6.10 Å². The predicted octanol–water partition coefficient (Wildman–Crippen LogP) is 2.12. The molecule has 1 aliphatic rings. The van der Waals surface area contributed by atoms with Crippen LogP contribution in [0.3, 0.4) is 0 Å². The SMILES string of the molecule is CN(CCNC(=O)[C@@H]1CN(S(C)(=O)=O)c2cc(Cl)ccc2O1)c1ccccc1. The molecule has 0 spiro atoms. The molecular formula is C19H22ClN3O4S. The number of benzene rings is 2. The van der Waals surface area contributed by atoms with E-state index in [0.29, 0.717) is 29.5 Å². The number of carbonyl (C=O) groups is 1. The Bertz CT molecular complexity index is 953. The second-order valence-electron chi connectivity index (χ2n) is 6.56. The van der Waals surface area contributed by atoms with Crippen molar-refractivity contribution < 1.29 is 17.9 Å². The zero-order valence-electron chi connectivity index (χ0n) is 15.6. The van der Waals surface area contributed by atoms with E-state index in [1.165, 1.54) is 6.07 Å². The van der Waals surface area contributed by atoms with Crippen molar-refractivity contribution in [2.24, 2.45) is 0 Å². The zero-order valence-corrected chi connectivity index (χ0v) is 17.2. The van der Waals surface area contributed by atoms with Crippen LogP contribution in [0.15, 0.2) is 48.5 Å². The Morgan fingerprint density at radius 1 is 1.29 bits per heavy atom. The molecule has 0 fully saturated rings. The molecule has 2 aromatic carbocycles. The molecule has 150 valence electrons. The van der Waals surface area contributed by atoms with Crippen molar-refractivity contribution in [1.29, 1.82) is 0 Å². The number of hydrogen-bond donors (Lipinski definition) is 1. The van der Waals surface area contributed by atoms with Gasteiger partial charge in [-0.15, -0.1) is 0 Å². The van der Waals surface area contributed by atoms with Crippen molar-refractivity contribution in [3.8, 4) is 5.75 Å². The minimum atomic E-state index is -3.59. The molecule has 1 heterocycles. The predicted molar refractivity (Wildman–Crippen MR) is 111 cm³/mol. The fourth-order valence-corrected chi connectivity index (χ4v) is 4.02. The highest BCUT2D eigenvalue weighted by Gasteiger charge is 2.35. The summed E-state index contributed by atoms with van der Waals surface area (Å²) in [6.45, 7) is 0.896. The number of sulfonamides is 1. The monoisotopic (exact) mass is 423 g/mol. The van der Waals surface area contributed by atoms with Gasteiger partial charge in [-0.1, -0.05) is 29.8 Å². The van der Waals surface area contributed by atoms with Gasteiger partial charge in [0.2, 0.25) is 10.0 Å². The molecule has 3 rings (SSSR count). The first kappa shape index (κ1) is 20.3.